The van der Waals surface area contributed by atoms with Gasteiger partial charge in [0.25, 0.3) is 0 Å². The molecule has 6 heteroatoms. The molecule has 1 unspecified atom stereocenters. The summed E-state index contributed by atoms with van der Waals surface area (Å²) in [7, 11) is 0. The van der Waals surface area contributed by atoms with Crippen LogP contribution in [0.4, 0.5) is 0 Å². The average Bonchev–Trinajstić information content (AvgIpc) is 2.96. The summed E-state index contributed by atoms with van der Waals surface area (Å²) in [6, 6.07) is 0.189. The largest absolute Gasteiger partial charge is 0.308 e. The molecule has 0 amide bonds. The van der Waals surface area contributed by atoms with E-state index in [-0.39, 0.29) is 6.04 Å². The minimum Gasteiger partial charge on any atom is -0.308 e. The van der Waals surface area contributed by atoms with E-state index < -0.39 is 0 Å². The molecule has 0 aliphatic heterocycles. The molecule has 0 fully saturated rings. The van der Waals surface area contributed by atoms with Gasteiger partial charge in [0.2, 0.25) is 0 Å². The summed E-state index contributed by atoms with van der Waals surface area (Å²) >= 11 is 1.76. The molecule has 0 saturated heterocycles. The van der Waals surface area contributed by atoms with Gasteiger partial charge in [-0.3, -0.25) is 0 Å². The van der Waals surface area contributed by atoms with Crippen LogP contribution < -0.4 is 5.32 Å². The molecule has 2 rings (SSSR count). The normalized spacial score (nSPS) is 12.8. The van der Waals surface area contributed by atoms with Crippen molar-refractivity contribution in [3.05, 3.63) is 27.5 Å². The number of hydrogen-bond acceptors (Lipinski definition) is 5. The van der Waals surface area contributed by atoms with Crippen LogP contribution in [0.1, 0.15) is 40.7 Å². The number of hydrogen-bond donors (Lipinski definition) is 2. The van der Waals surface area contributed by atoms with Crippen LogP contribution in [0.5, 0.6) is 0 Å². The van der Waals surface area contributed by atoms with Crippen molar-refractivity contribution in [2.45, 2.75) is 39.7 Å². The maximum atomic E-state index is 4.59. The zero-order valence-electron chi connectivity index (χ0n) is 11.0. The third kappa shape index (κ3) is 3.14. The lowest BCUT2D eigenvalue weighted by molar-refractivity contribution is 0.516. The highest BCUT2D eigenvalue weighted by Gasteiger charge is 2.16. The highest BCUT2D eigenvalue weighted by atomic mass is 32.1. The number of rotatable bonds is 6. The molecule has 1 atom stereocenters. The van der Waals surface area contributed by atoms with Gasteiger partial charge in [0, 0.05) is 11.3 Å². The molecule has 2 heterocycles. The van der Waals surface area contributed by atoms with E-state index in [2.05, 4.69) is 46.5 Å². The minimum atomic E-state index is 0.189. The Balaban J connectivity index is 2.09. The van der Waals surface area contributed by atoms with Crippen LogP contribution in [-0.2, 0) is 6.42 Å². The molecular formula is C12H19N5S. The van der Waals surface area contributed by atoms with E-state index >= 15 is 0 Å². The Bertz CT molecular complexity index is 457. The molecule has 2 aromatic heterocycles. The fourth-order valence-corrected chi connectivity index (χ4v) is 2.76. The van der Waals surface area contributed by atoms with Crippen LogP contribution in [0.2, 0.25) is 0 Å². The van der Waals surface area contributed by atoms with Crippen molar-refractivity contribution in [1.29, 1.82) is 0 Å². The number of H-pyrrole nitrogens is 1. The second kappa shape index (κ2) is 6.06. The van der Waals surface area contributed by atoms with Gasteiger partial charge in [0.1, 0.15) is 0 Å². The zero-order chi connectivity index (χ0) is 13.0. The van der Waals surface area contributed by atoms with Gasteiger partial charge >= 0.3 is 0 Å². The molecule has 0 aliphatic rings. The van der Waals surface area contributed by atoms with E-state index in [0.717, 1.165) is 35.8 Å². The van der Waals surface area contributed by atoms with Crippen LogP contribution in [0.15, 0.2) is 6.20 Å². The van der Waals surface area contributed by atoms with Crippen molar-refractivity contribution >= 4 is 11.3 Å². The second-order valence-corrected chi connectivity index (χ2v) is 5.64. The quantitative estimate of drug-likeness (QED) is 0.840. The maximum Gasteiger partial charge on any atom is 0.0998 e. The first-order valence-electron chi connectivity index (χ1n) is 6.22. The van der Waals surface area contributed by atoms with Gasteiger partial charge in [0.05, 0.1) is 28.6 Å². The highest BCUT2D eigenvalue weighted by molar-refractivity contribution is 7.11. The van der Waals surface area contributed by atoms with Gasteiger partial charge in [-0.2, -0.15) is 15.4 Å². The topological polar surface area (TPSA) is 66.5 Å². The minimum absolute atomic E-state index is 0.189. The first-order valence-corrected chi connectivity index (χ1v) is 7.04. The van der Waals surface area contributed by atoms with Gasteiger partial charge < -0.3 is 5.32 Å². The molecule has 0 spiro atoms. The summed E-state index contributed by atoms with van der Waals surface area (Å²) in [6.07, 6.45) is 3.75. The second-order valence-electron chi connectivity index (χ2n) is 4.35. The molecule has 0 saturated carbocycles. The molecule has 98 valence electrons. The Labute approximate surface area is 111 Å². The Morgan fingerprint density at radius 1 is 1.44 bits per heavy atom. The van der Waals surface area contributed by atoms with E-state index in [1.807, 2.05) is 0 Å². The van der Waals surface area contributed by atoms with Crippen LogP contribution in [0, 0.1) is 13.8 Å². The lowest BCUT2D eigenvalue weighted by atomic mass is 10.1. The van der Waals surface area contributed by atoms with Gasteiger partial charge in [-0.25, -0.2) is 4.98 Å². The molecule has 5 nitrogen and oxygen atoms in total. The Hall–Kier alpha value is -1.27. The van der Waals surface area contributed by atoms with E-state index in [0.29, 0.717) is 0 Å². The standard InChI is InChI=1S/C12H19N5S/c1-4-5-13-10(11-7-14-17-16-11)6-12-15-8(2)9(3)18-12/h7,10,13H,4-6H2,1-3H3,(H,14,16,17). The Morgan fingerprint density at radius 2 is 2.28 bits per heavy atom. The third-order valence-electron chi connectivity index (χ3n) is 2.88. The highest BCUT2D eigenvalue weighted by Crippen LogP contribution is 2.22. The summed E-state index contributed by atoms with van der Waals surface area (Å²) in [4.78, 5) is 5.88. The maximum absolute atomic E-state index is 4.59. The zero-order valence-corrected chi connectivity index (χ0v) is 11.8. The van der Waals surface area contributed by atoms with Crippen LogP contribution in [0.25, 0.3) is 0 Å². The molecular weight excluding hydrogens is 246 g/mol. The van der Waals surface area contributed by atoms with E-state index in [4.69, 9.17) is 0 Å². The molecule has 2 aromatic rings. The Morgan fingerprint density at radius 3 is 2.83 bits per heavy atom. The fourth-order valence-electron chi connectivity index (χ4n) is 1.78. The lowest BCUT2D eigenvalue weighted by Crippen LogP contribution is -2.24. The summed E-state index contributed by atoms with van der Waals surface area (Å²) in [5.41, 5.74) is 2.08. The predicted molar refractivity (Wildman–Crippen MR) is 72.7 cm³/mol. The number of aromatic nitrogens is 4. The third-order valence-corrected chi connectivity index (χ3v) is 3.98. The summed E-state index contributed by atoms with van der Waals surface area (Å²) in [6.45, 7) is 7.30. The number of aromatic amines is 1. The fraction of sp³-hybridized carbons (Fsp3) is 0.583. The number of nitrogens with one attached hydrogen (secondary N) is 2. The number of nitrogens with zero attached hydrogens (tertiary/aromatic N) is 3. The van der Waals surface area contributed by atoms with Crippen molar-refractivity contribution < 1.29 is 0 Å². The lowest BCUT2D eigenvalue weighted by Gasteiger charge is -2.14. The molecule has 0 aromatic carbocycles. The van der Waals surface area contributed by atoms with Crippen molar-refractivity contribution in [2.24, 2.45) is 0 Å². The van der Waals surface area contributed by atoms with Gasteiger partial charge in [-0.05, 0) is 26.8 Å². The van der Waals surface area contributed by atoms with E-state index in [1.165, 1.54) is 4.88 Å². The van der Waals surface area contributed by atoms with Crippen LogP contribution >= 0.6 is 11.3 Å². The molecule has 0 aliphatic carbocycles. The molecule has 18 heavy (non-hydrogen) atoms. The first kappa shape index (κ1) is 13.2. The van der Waals surface area contributed by atoms with Crippen molar-refractivity contribution in [3.63, 3.8) is 0 Å². The smallest absolute Gasteiger partial charge is 0.0998 e. The number of aryl methyl sites for hydroxylation is 2. The van der Waals surface area contributed by atoms with Crippen LogP contribution in [0.3, 0.4) is 0 Å². The molecule has 2 N–H and O–H groups in total. The molecule has 0 bridgehead atoms. The monoisotopic (exact) mass is 265 g/mol. The predicted octanol–water partition coefficient (Wildman–Crippen LogP) is 2.16. The molecule has 0 radical (unpaired) electrons. The summed E-state index contributed by atoms with van der Waals surface area (Å²) < 4.78 is 0. The average molecular weight is 265 g/mol. The van der Waals surface area contributed by atoms with Crippen molar-refractivity contribution in [2.75, 3.05) is 6.54 Å². The first-order chi connectivity index (χ1) is 8.70. The van der Waals surface area contributed by atoms with Crippen molar-refractivity contribution in [3.8, 4) is 0 Å². The van der Waals surface area contributed by atoms with E-state index in [1.54, 1.807) is 17.5 Å². The van der Waals surface area contributed by atoms with E-state index in [9.17, 15) is 0 Å². The van der Waals surface area contributed by atoms with Gasteiger partial charge in [-0.15, -0.1) is 11.3 Å². The summed E-state index contributed by atoms with van der Waals surface area (Å²) in [5, 5.41) is 15.4. The van der Waals surface area contributed by atoms with Crippen LogP contribution in [-0.4, -0.2) is 26.9 Å². The SMILES string of the molecule is CCCNC(Cc1nc(C)c(C)s1)c1cn[nH]n1. The Kier molecular flexibility index (Phi) is 4.43. The van der Waals surface area contributed by atoms with Crippen molar-refractivity contribution in [1.82, 2.24) is 25.7 Å². The van der Waals surface area contributed by atoms with Gasteiger partial charge in [0.15, 0.2) is 0 Å². The summed E-state index contributed by atoms with van der Waals surface area (Å²) in [5.74, 6) is 0. The van der Waals surface area contributed by atoms with Gasteiger partial charge in [-0.1, -0.05) is 6.92 Å². The number of thiazole rings is 1.